The van der Waals surface area contributed by atoms with Gasteiger partial charge in [-0.3, -0.25) is 9.48 Å². The third-order valence-electron chi connectivity index (χ3n) is 3.80. The molecule has 134 valence electrons. The Labute approximate surface area is 157 Å². The lowest BCUT2D eigenvalue weighted by Crippen LogP contribution is -2.26. The summed E-state index contributed by atoms with van der Waals surface area (Å²) in [5.41, 5.74) is 1.62. The standard InChI is InChI=1S/C17H16BrN5O3/c1-11(23-15(17(25)26)6-7-19-23)16(24)21-14-4-2-12(3-5-14)9-22-10-13(18)8-20-22/h2-8,10-11H,9H2,1H3,(H,21,24)(H,25,26). The zero-order chi connectivity index (χ0) is 18.7. The van der Waals surface area contributed by atoms with Crippen LogP contribution in [0.15, 0.2) is 53.4 Å². The number of aromatic nitrogens is 4. The van der Waals surface area contributed by atoms with Crippen LogP contribution in [0.25, 0.3) is 0 Å². The summed E-state index contributed by atoms with van der Waals surface area (Å²) in [5.74, 6) is -1.48. The molecule has 1 amide bonds. The Kier molecular flexibility index (Phi) is 5.17. The Morgan fingerprint density at radius 2 is 1.96 bits per heavy atom. The van der Waals surface area contributed by atoms with Crippen molar-refractivity contribution < 1.29 is 14.7 Å². The highest BCUT2D eigenvalue weighted by atomic mass is 79.9. The van der Waals surface area contributed by atoms with E-state index in [-0.39, 0.29) is 11.6 Å². The van der Waals surface area contributed by atoms with Gasteiger partial charge in [0, 0.05) is 18.1 Å². The summed E-state index contributed by atoms with van der Waals surface area (Å²) >= 11 is 3.35. The van der Waals surface area contributed by atoms with Crippen LogP contribution in [0.4, 0.5) is 5.69 Å². The molecule has 2 heterocycles. The van der Waals surface area contributed by atoms with Gasteiger partial charge in [-0.05, 0) is 46.6 Å². The van der Waals surface area contributed by atoms with Crippen molar-refractivity contribution in [3.8, 4) is 0 Å². The van der Waals surface area contributed by atoms with Gasteiger partial charge in [0.1, 0.15) is 11.7 Å². The highest BCUT2D eigenvalue weighted by Gasteiger charge is 2.21. The van der Waals surface area contributed by atoms with Crippen molar-refractivity contribution in [2.24, 2.45) is 0 Å². The maximum Gasteiger partial charge on any atom is 0.354 e. The second-order valence-electron chi connectivity index (χ2n) is 5.68. The Morgan fingerprint density at radius 3 is 2.58 bits per heavy atom. The first-order valence-corrected chi connectivity index (χ1v) is 8.58. The highest BCUT2D eigenvalue weighted by Crippen LogP contribution is 2.16. The van der Waals surface area contributed by atoms with Crippen LogP contribution in [-0.2, 0) is 11.3 Å². The first kappa shape index (κ1) is 17.9. The van der Waals surface area contributed by atoms with E-state index in [1.807, 2.05) is 18.3 Å². The monoisotopic (exact) mass is 417 g/mol. The minimum absolute atomic E-state index is 0.0339. The van der Waals surface area contributed by atoms with Gasteiger partial charge in [0.25, 0.3) is 0 Å². The molecule has 2 N–H and O–H groups in total. The van der Waals surface area contributed by atoms with Crippen molar-refractivity contribution in [2.45, 2.75) is 19.5 Å². The van der Waals surface area contributed by atoms with Gasteiger partial charge < -0.3 is 10.4 Å². The van der Waals surface area contributed by atoms with Crippen LogP contribution in [0.1, 0.15) is 29.0 Å². The number of rotatable bonds is 6. The molecular weight excluding hydrogens is 402 g/mol. The molecule has 2 aromatic heterocycles. The molecule has 0 bridgehead atoms. The number of carbonyl (C=O) groups is 2. The quantitative estimate of drug-likeness (QED) is 0.641. The summed E-state index contributed by atoms with van der Waals surface area (Å²) < 4.78 is 3.89. The fourth-order valence-electron chi connectivity index (χ4n) is 2.46. The van der Waals surface area contributed by atoms with Crippen LogP contribution >= 0.6 is 15.9 Å². The first-order chi connectivity index (χ1) is 12.4. The van der Waals surface area contributed by atoms with Gasteiger partial charge in [0.2, 0.25) is 5.91 Å². The predicted molar refractivity (Wildman–Crippen MR) is 98.0 cm³/mol. The molecule has 0 radical (unpaired) electrons. The number of hydrogen-bond donors (Lipinski definition) is 2. The van der Waals surface area contributed by atoms with Gasteiger partial charge in [0.15, 0.2) is 0 Å². The fraction of sp³-hybridized carbons (Fsp3) is 0.176. The summed E-state index contributed by atoms with van der Waals surface area (Å²) in [5, 5.41) is 20.0. The van der Waals surface area contributed by atoms with Crippen molar-refractivity contribution in [3.63, 3.8) is 0 Å². The van der Waals surface area contributed by atoms with Crippen molar-refractivity contribution in [2.75, 3.05) is 5.32 Å². The minimum Gasteiger partial charge on any atom is -0.477 e. The zero-order valence-electron chi connectivity index (χ0n) is 13.8. The van der Waals surface area contributed by atoms with E-state index in [9.17, 15) is 9.59 Å². The highest BCUT2D eigenvalue weighted by molar-refractivity contribution is 9.10. The fourth-order valence-corrected chi connectivity index (χ4v) is 2.78. The first-order valence-electron chi connectivity index (χ1n) is 7.78. The average Bonchev–Trinajstić information content (AvgIpc) is 3.25. The zero-order valence-corrected chi connectivity index (χ0v) is 15.4. The molecule has 0 saturated carbocycles. The van der Waals surface area contributed by atoms with E-state index >= 15 is 0 Å². The molecule has 3 aromatic rings. The molecule has 0 fully saturated rings. The summed E-state index contributed by atoms with van der Waals surface area (Å²) in [6, 6.07) is 7.98. The minimum atomic E-state index is -1.13. The molecule has 0 saturated heterocycles. The topological polar surface area (TPSA) is 102 Å². The molecule has 1 aromatic carbocycles. The SMILES string of the molecule is CC(C(=O)Nc1ccc(Cn2cc(Br)cn2)cc1)n1nccc1C(=O)O. The lowest BCUT2D eigenvalue weighted by atomic mass is 10.2. The van der Waals surface area contributed by atoms with Gasteiger partial charge in [-0.15, -0.1) is 0 Å². The summed E-state index contributed by atoms with van der Waals surface area (Å²) in [4.78, 5) is 23.5. The van der Waals surface area contributed by atoms with Crippen LogP contribution in [0.3, 0.4) is 0 Å². The van der Waals surface area contributed by atoms with Crippen LogP contribution in [0.2, 0.25) is 0 Å². The van der Waals surface area contributed by atoms with Gasteiger partial charge in [-0.2, -0.15) is 10.2 Å². The molecule has 9 heteroatoms. The van der Waals surface area contributed by atoms with Crippen LogP contribution in [0.5, 0.6) is 0 Å². The van der Waals surface area contributed by atoms with Crippen LogP contribution in [-0.4, -0.2) is 36.5 Å². The molecule has 0 aliphatic rings. The lowest BCUT2D eigenvalue weighted by molar-refractivity contribution is -0.119. The number of halogens is 1. The summed E-state index contributed by atoms with van der Waals surface area (Å²) in [7, 11) is 0. The number of carboxylic acid groups (broad SMARTS) is 1. The van der Waals surface area contributed by atoms with E-state index in [0.717, 1.165) is 10.0 Å². The van der Waals surface area contributed by atoms with E-state index in [4.69, 9.17) is 5.11 Å². The van der Waals surface area contributed by atoms with Gasteiger partial charge in [-0.1, -0.05) is 12.1 Å². The molecule has 3 rings (SSSR count). The second kappa shape index (κ2) is 7.52. The Morgan fingerprint density at radius 1 is 1.23 bits per heavy atom. The van der Waals surface area contributed by atoms with E-state index in [1.54, 1.807) is 29.9 Å². The van der Waals surface area contributed by atoms with E-state index in [0.29, 0.717) is 12.2 Å². The van der Waals surface area contributed by atoms with Gasteiger partial charge in [0.05, 0.1) is 17.2 Å². The smallest absolute Gasteiger partial charge is 0.354 e. The Bertz CT molecular complexity index is 932. The third-order valence-corrected chi connectivity index (χ3v) is 4.21. The Hall–Kier alpha value is -2.94. The maximum atomic E-state index is 12.4. The maximum absolute atomic E-state index is 12.4. The van der Waals surface area contributed by atoms with Crippen molar-refractivity contribution in [1.29, 1.82) is 0 Å². The number of nitrogens with one attached hydrogen (secondary N) is 1. The summed E-state index contributed by atoms with van der Waals surface area (Å²) in [6.45, 7) is 2.21. The average molecular weight is 418 g/mol. The number of amides is 1. The molecule has 8 nitrogen and oxygen atoms in total. The number of nitrogens with zero attached hydrogens (tertiary/aromatic N) is 4. The molecule has 1 atom stereocenters. The number of carbonyl (C=O) groups excluding carboxylic acids is 1. The molecule has 0 spiro atoms. The van der Waals surface area contributed by atoms with E-state index < -0.39 is 12.0 Å². The molecule has 0 aliphatic heterocycles. The largest absolute Gasteiger partial charge is 0.477 e. The molecule has 0 aliphatic carbocycles. The molecule has 26 heavy (non-hydrogen) atoms. The van der Waals surface area contributed by atoms with Crippen molar-refractivity contribution >= 4 is 33.5 Å². The van der Waals surface area contributed by atoms with Crippen LogP contribution < -0.4 is 5.32 Å². The number of benzene rings is 1. The molecular formula is C17H16BrN5O3. The number of carboxylic acids is 1. The van der Waals surface area contributed by atoms with Gasteiger partial charge in [-0.25, -0.2) is 9.48 Å². The molecule has 1 unspecified atom stereocenters. The number of anilines is 1. The summed E-state index contributed by atoms with van der Waals surface area (Å²) in [6.07, 6.45) is 4.95. The Balaban J connectivity index is 1.65. The van der Waals surface area contributed by atoms with E-state index in [1.165, 1.54) is 16.9 Å². The number of aromatic carboxylic acids is 1. The van der Waals surface area contributed by atoms with E-state index in [2.05, 4.69) is 31.4 Å². The second-order valence-corrected chi connectivity index (χ2v) is 6.60. The number of hydrogen-bond acceptors (Lipinski definition) is 4. The predicted octanol–water partition coefficient (Wildman–Crippen LogP) is 2.79. The lowest BCUT2D eigenvalue weighted by Gasteiger charge is -2.14. The van der Waals surface area contributed by atoms with Crippen molar-refractivity contribution in [1.82, 2.24) is 19.6 Å². The third kappa shape index (κ3) is 3.99. The van der Waals surface area contributed by atoms with Gasteiger partial charge >= 0.3 is 5.97 Å². The van der Waals surface area contributed by atoms with Crippen molar-refractivity contribution in [3.05, 3.63) is 64.7 Å². The van der Waals surface area contributed by atoms with Crippen LogP contribution in [0, 0.1) is 0 Å². The normalized spacial score (nSPS) is 11.9.